The van der Waals surface area contributed by atoms with Crippen molar-refractivity contribution in [2.45, 2.75) is 37.8 Å². The number of nitriles is 1. The Kier molecular flexibility index (Phi) is 3.70. The van der Waals surface area contributed by atoms with E-state index in [-0.39, 0.29) is 18.1 Å². The highest BCUT2D eigenvalue weighted by Gasteiger charge is 2.36. The summed E-state index contributed by atoms with van der Waals surface area (Å²) in [5, 5.41) is 8.95. The van der Waals surface area contributed by atoms with Gasteiger partial charge in [-0.3, -0.25) is 4.79 Å². The summed E-state index contributed by atoms with van der Waals surface area (Å²) < 4.78 is 5.80. The van der Waals surface area contributed by atoms with E-state index in [9.17, 15) is 4.79 Å². The first kappa shape index (κ1) is 13.1. The standard InChI is InChI=1S/C16H18N2O2/c17-11-12-4-3-5-13(10-12)16(19)18-8-9-20-15-7-2-1-6-14(15)18/h3-5,10,14-15H,1-2,6-9H2. The molecule has 2 aliphatic rings. The minimum Gasteiger partial charge on any atom is -0.374 e. The van der Waals surface area contributed by atoms with Crippen LogP contribution in [0.25, 0.3) is 0 Å². The largest absolute Gasteiger partial charge is 0.374 e. The average molecular weight is 270 g/mol. The lowest BCUT2D eigenvalue weighted by Gasteiger charge is -2.43. The molecular formula is C16H18N2O2. The maximum atomic E-state index is 12.7. The van der Waals surface area contributed by atoms with Crippen molar-refractivity contribution in [3.8, 4) is 6.07 Å². The van der Waals surface area contributed by atoms with Gasteiger partial charge in [-0.15, -0.1) is 0 Å². The van der Waals surface area contributed by atoms with Gasteiger partial charge in [-0.2, -0.15) is 5.26 Å². The highest BCUT2D eigenvalue weighted by molar-refractivity contribution is 5.94. The molecule has 104 valence electrons. The molecule has 1 aliphatic heterocycles. The molecular weight excluding hydrogens is 252 g/mol. The average Bonchev–Trinajstić information content (AvgIpc) is 2.53. The van der Waals surface area contributed by atoms with Gasteiger partial charge in [0.2, 0.25) is 0 Å². The molecule has 0 N–H and O–H groups in total. The normalized spacial score (nSPS) is 25.6. The Morgan fingerprint density at radius 2 is 2.20 bits per heavy atom. The highest BCUT2D eigenvalue weighted by atomic mass is 16.5. The molecule has 3 rings (SSSR count). The van der Waals surface area contributed by atoms with Gasteiger partial charge < -0.3 is 9.64 Å². The van der Waals surface area contributed by atoms with Gasteiger partial charge in [0.15, 0.2) is 0 Å². The van der Waals surface area contributed by atoms with Crippen molar-refractivity contribution in [2.24, 2.45) is 0 Å². The number of rotatable bonds is 1. The van der Waals surface area contributed by atoms with E-state index < -0.39 is 0 Å². The smallest absolute Gasteiger partial charge is 0.254 e. The minimum atomic E-state index is 0.0299. The minimum absolute atomic E-state index is 0.0299. The fourth-order valence-electron chi connectivity index (χ4n) is 3.24. The van der Waals surface area contributed by atoms with Crippen LogP contribution in [0.2, 0.25) is 0 Å². The number of hydrogen-bond donors (Lipinski definition) is 0. The second-order valence-corrected chi connectivity index (χ2v) is 5.45. The number of amides is 1. The molecule has 1 aliphatic carbocycles. The van der Waals surface area contributed by atoms with E-state index in [0.29, 0.717) is 24.3 Å². The summed E-state index contributed by atoms with van der Waals surface area (Å²) in [6.07, 6.45) is 4.61. The molecule has 1 aromatic rings. The van der Waals surface area contributed by atoms with Crippen molar-refractivity contribution in [1.29, 1.82) is 5.26 Å². The zero-order chi connectivity index (χ0) is 13.9. The van der Waals surface area contributed by atoms with Crippen LogP contribution in [0.5, 0.6) is 0 Å². The summed E-state index contributed by atoms with van der Waals surface area (Å²) in [6, 6.07) is 9.24. The van der Waals surface area contributed by atoms with E-state index in [4.69, 9.17) is 10.00 Å². The lowest BCUT2D eigenvalue weighted by Crippen LogP contribution is -2.54. The maximum absolute atomic E-state index is 12.7. The van der Waals surface area contributed by atoms with Crippen LogP contribution in [0.3, 0.4) is 0 Å². The summed E-state index contributed by atoms with van der Waals surface area (Å²) >= 11 is 0. The Morgan fingerprint density at radius 1 is 1.35 bits per heavy atom. The molecule has 0 spiro atoms. The number of carbonyl (C=O) groups excluding carboxylic acids is 1. The third-order valence-corrected chi connectivity index (χ3v) is 4.23. The predicted octanol–water partition coefficient (Wildman–Crippen LogP) is 2.34. The maximum Gasteiger partial charge on any atom is 0.254 e. The van der Waals surface area contributed by atoms with Gasteiger partial charge in [0, 0.05) is 12.1 Å². The van der Waals surface area contributed by atoms with Crippen molar-refractivity contribution < 1.29 is 9.53 Å². The van der Waals surface area contributed by atoms with Crippen molar-refractivity contribution in [3.63, 3.8) is 0 Å². The molecule has 0 bridgehead atoms. The number of ether oxygens (including phenoxy) is 1. The molecule has 2 fully saturated rings. The predicted molar refractivity (Wildman–Crippen MR) is 74.2 cm³/mol. The van der Waals surface area contributed by atoms with E-state index >= 15 is 0 Å². The van der Waals surface area contributed by atoms with Crippen LogP contribution < -0.4 is 0 Å². The van der Waals surface area contributed by atoms with Crippen LogP contribution in [0, 0.1) is 11.3 Å². The molecule has 1 heterocycles. The quantitative estimate of drug-likeness (QED) is 0.787. The highest BCUT2D eigenvalue weighted by Crippen LogP contribution is 2.29. The van der Waals surface area contributed by atoms with Gasteiger partial charge in [0.25, 0.3) is 5.91 Å². The third-order valence-electron chi connectivity index (χ3n) is 4.23. The molecule has 0 aromatic heterocycles. The van der Waals surface area contributed by atoms with E-state index in [1.54, 1.807) is 24.3 Å². The zero-order valence-corrected chi connectivity index (χ0v) is 11.4. The summed E-state index contributed by atoms with van der Waals surface area (Å²) in [4.78, 5) is 14.6. The van der Waals surface area contributed by atoms with Crippen molar-refractivity contribution in [3.05, 3.63) is 35.4 Å². The first-order valence-corrected chi connectivity index (χ1v) is 7.22. The Hall–Kier alpha value is -1.86. The number of benzene rings is 1. The lowest BCUT2D eigenvalue weighted by atomic mass is 9.89. The molecule has 1 saturated carbocycles. The summed E-state index contributed by atoms with van der Waals surface area (Å²) in [5.74, 6) is 0.0299. The Balaban J connectivity index is 1.83. The molecule has 4 heteroatoms. The van der Waals surface area contributed by atoms with E-state index in [0.717, 1.165) is 19.3 Å². The van der Waals surface area contributed by atoms with Crippen LogP contribution in [0.4, 0.5) is 0 Å². The second kappa shape index (κ2) is 5.64. The molecule has 2 unspecified atom stereocenters. The fourth-order valence-corrected chi connectivity index (χ4v) is 3.24. The van der Waals surface area contributed by atoms with Crippen LogP contribution in [-0.2, 0) is 4.74 Å². The van der Waals surface area contributed by atoms with Crippen LogP contribution in [0.15, 0.2) is 24.3 Å². The first-order valence-electron chi connectivity index (χ1n) is 7.22. The van der Waals surface area contributed by atoms with Gasteiger partial charge in [0.05, 0.1) is 30.4 Å². The lowest BCUT2D eigenvalue weighted by molar-refractivity contribution is -0.0752. The summed E-state index contributed by atoms with van der Waals surface area (Å²) in [5.41, 5.74) is 1.14. The van der Waals surface area contributed by atoms with Gasteiger partial charge in [-0.05, 0) is 31.0 Å². The number of fused-ring (bicyclic) bond motifs is 1. The summed E-state index contributed by atoms with van der Waals surface area (Å²) in [7, 11) is 0. The van der Waals surface area contributed by atoms with Gasteiger partial charge >= 0.3 is 0 Å². The van der Waals surface area contributed by atoms with Crippen LogP contribution in [-0.4, -0.2) is 36.1 Å². The molecule has 4 nitrogen and oxygen atoms in total. The molecule has 1 amide bonds. The first-order chi connectivity index (χ1) is 9.79. The SMILES string of the molecule is N#Cc1cccc(C(=O)N2CCOC3CCCCC32)c1. The number of morpholine rings is 1. The second-order valence-electron chi connectivity index (χ2n) is 5.45. The van der Waals surface area contributed by atoms with Gasteiger partial charge in [-0.1, -0.05) is 18.9 Å². The molecule has 1 aromatic carbocycles. The molecule has 0 radical (unpaired) electrons. The van der Waals surface area contributed by atoms with Crippen molar-refractivity contribution in [2.75, 3.05) is 13.2 Å². The number of nitrogens with zero attached hydrogens (tertiary/aromatic N) is 2. The zero-order valence-electron chi connectivity index (χ0n) is 11.4. The molecule has 20 heavy (non-hydrogen) atoms. The monoisotopic (exact) mass is 270 g/mol. The Morgan fingerprint density at radius 3 is 3.05 bits per heavy atom. The molecule has 2 atom stereocenters. The molecule has 1 saturated heterocycles. The van der Waals surface area contributed by atoms with Crippen molar-refractivity contribution in [1.82, 2.24) is 4.90 Å². The third kappa shape index (κ3) is 2.41. The van der Waals surface area contributed by atoms with E-state index in [2.05, 4.69) is 6.07 Å². The van der Waals surface area contributed by atoms with Gasteiger partial charge in [0.1, 0.15) is 0 Å². The van der Waals surface area contributed by atoms with Crippen LogP contribution >= 0.6 is 0 Å². The Labute approximate surface area is 118 Å². The fraction of sp³-hybridized carbons (Fsp3) is 0.500. The number of hydrogen-bond acceptors (Lipinski definition) is 3. The van der Waals surface area contributed by atoms with Crippen LogP contribution in [0.1, 0.15) is 41.6 Å². The van der Waals surface area contributed by atoms with E-state index in [1.807, 2.05) is 4.90 Å². The summed E-state index contributed by atoms with van der Waals surface area (Å²) in [6.45, 7) is 1.27. The number of carbonyl (C=O) groups is 1. The van der Waals surface area contributed by atoms with Crippen molar-refractivity contribution >= 4 is 5.91 Å². The van der Waals surface area contributed by atoms with E-state index in [1.165, 1.54) is 6.42 Å². The van der Waals surface area contributed by atoms with Gasteiger partial charge in [-0.25, -0.2) is 0 Å². The topological polar surface area (TPSA) is 53.3 Å². The Bertz CT molecular complexity index is 548.